The number of thioether (sulfide) groups is 1. The molecule has 8 nitrogen and oxygen atoms in total. The van der Waals surface area contributed by atoms with Crippen LogP contribution in [0.4, 0.5) is 26.8 Å². The van der Waals surface area contributed by atoms with Gasteiger partial charge in [0.15, 0.2) is 11.0 Å². The molecule has 0 bridgehead atoms. The highest BCUT2D eigenvalue weighted by Gasteiger charge is 2.33. The molecule has 0 spiro atoms. The maximum atomic E-state index is 13.7. The number of amides is 3. The lowest BCUT2D eigenvalue weighted by atomic mass is 10.1. The Morgan fingerprint density at radius 2 is 1.91 bits per heavy atom. The third-order valence-corrected chi connectivity index (χ3v) is 5.56. The number of nitrogens with one attached hydrogen (secondary N) is 1. The molecule has 1 aliphatic heterocycles. The fourth-order valence-corrected chi connectivity index (χ4v) is 3.93. The number of carbonyl (C=O) groups excluding carboxylic acids is 2. The van der Waals surface area contributed by atoms with Crippen LogP contribution in [-0.4, -0.2) is 38.8 Å². The van der Waals surface area contributed by atoms with Crippen molar-refractivity contribution in [1.82, 2.24) is 14.9 Å². The predicted octanol–water partition coefficient (Wildman–Crippen LogP) is 5.82. The van der Waals surface area contributed by atoms with Gasteiger partial charge in [0.25, 0.3) is 0 Å². The Labute approximate surface area is 203 Å². The summed E-state index contributed by atoms with van der Waals surface area (Å²) in [6, 6.07) is 16.7. The smallest absolute Gasteiger partial charge is 0.412 e. The van der Waals surface area contributed by atoms with Gasteiger partial charge < -0.3 is 9.64 Å². The first kappa shape index (κ1) is 23.6. The summed E-state index contributed by atoms with van der Waals surface area (Å²) in [5.74, 6) is 0.545. The van der Waals surface area contributed by atoms with Gasteiger partial charge in [0, 0.05) is 24.0 Å². The molecule has 2 heterocycles. The maximum Gasteiger partial charge on any atom is 0.412 e. The van der Waals surface area contributed by atoms with E-state index in [1.807, 2.05) is 42.7 Å². The first-order valence-electron chi connectivity index (χ1n) is 10.9. The van der Waals surface area contributed by atoms with Gasteiger partial charge >= 0.3 is 12.1 Å². The van der Waals surface area contributed by atoms with Crippen LogP contribution < -0.4 is 10.2 Å². The average Bonchev–Trinajstić information content (AvgIpc) is 2.79. The number of anilines is 3. The molecule has 4 rings (SSSR count). The topological polar surface area (TPSA) is 87.7 Å². The van der Waals surface area contributed by atoms with E-state index in [1.54, 1.807) is 55.0 Å². The van der Waals surface area contributed by atoms with Crippen LogP contribution in [0.2, 0.25) is 0 Å². The van der Waals surface area contributed by atoms with Gasteiger partial charge in [-0.3, -0.25) is 5.32 Å². The van der Waals surface area contributed by atoms with Crippen molar-refractivity contribution in [1.29, 1.82) is 0 Å². The molecular weight excluding hydrogens is 450 g/mol. The summed E-state index contributed by atoms with van der Waals surface area (Å²) >= 11 is 1.41. The number of nitrogens with zero attached hydrogens (tertiary/aromatic N) is 4. The largest absolute Gasteiger partial charge is 0.444 e. The lowest BCUT2D eigenvalue weighted by molar-refractivity contribution is 0.0636. The summed E-state index contributed by atoms with van der Waals surface area (Å²) in [5, 5.41) is 3.32. The molecule has 176 valence electrons. The van der Waals surface area contributed by atoms with Gasteiger partial charge in [0.1, 0.15) is 5.60 Å². The molecule has 2 aromatic carbocycles. The summed E-state index contributed by atoms with van der Waals surface area (Å²) in [6.07, 6.45) is 3.10. The van der Waals surface area contributed by atoms with Crippen LogP contribution in [0.3, 0.4) is 0 Å². The minimum Gasteiger partial charge on any atom is -0.444 e. The number of urea groups is 1. The molecule has 0 aliphatic carbocycles. The Bertz CT molecular complexity index is 1200. The third kappa shape index (κ3) is 5.48. The van der Waals surface area contributed by atoms with Gasteiger partial charge in [0.05, 0.1) is 12.2 Å². The highest BCUT2D eigenvalue weighted by molar-refractivity contribution is 7.98. The van der Waals surface area contributed by atoms with Crippen molar-refractivity contribution in [3.8, 4) is 0 Å². The molecule has 0 radical (unpaired) electrons. The van der Waals surface area contributed by atoms with E-state index in [0.717, 1.165) is 11.1 Å². The number of hydrogen-bond donors (Lipinski definition) is 1. The number of ether oxygens (including phenoxy) is 1. The number of rotatable bonds is 5. The molecule has 1 aromatic heterocycles. The fourth-order valence-electron chi connectivity index (χ4n) is 3.60. The first-order chi connectivity index (χ1) is 16.2. The Balaban J connectivity index is 1.69. The Kier molecular flexibility index (Phi) is 6.74. The molecule has 0 unspecified atom stereocenters. The molecule has 0 saturated heterocycles. The lowest BCUT2D eigenvalue weighted by Crippen LogP contribution is -2.45. The molecule has 1 N–H and O–H groups in total. The summed E-state index contributed by atoms with van der Waals surface area (Å²) in [5.41, 5.74) is 2.36. The van der Waals surface area contributed by atoms with E-state index in [0.29, 0.717) is 35.4 Å². The highest BCUT2D eigenvalue weighted by Crippen LogP contribution is 2.35. The van der Waals surface area contributed by atoms with Gasteiger partial charge in [-0.05, 0) is 50.8 Å². The molecule has 9 heteroatoms. The van der Waals surface area contributed by atoms with E-state index in [4.69, 9.17) is 4.74 Å². The van der Waals surface area contributed by atoms with Crippen LogP contribution in [0.15, 0.2) is 66.0 Å². The Morgan fingerprint density at radius 3 is 2.62 bits per heavy atom. The van der Waals surface area contributed by atoms with E-state index >= 15 is 0 Å². The molecule has 3 amide bonds. The highest BCUT2D eigenvalue weighted by atomic mass is 32.2. The summed E-state index contributed by atoms with van der Waals surface area (Å²) in [6.45, 7) is 6.27. The van der Waals surface area contributed by atoms with Crippen molar-refractivity contribution >= 4 is 41.1 Å². The summed E-state index contributed by atoms with van der Waals surface area (Å²) in [7, 11) is 0. The number of carbonyl (C=O) groups is 2. The van der Waals surface area contributed by atoms with Crippen LogP contribution in [-0.2, 0) is 17.8 Å². The van der Waals surface area contributed by atoms with E-state index < -0.39 is 11.7 Å². The van der Waals surface area contributed by atoms with Gasteiger partial charge in [-0.15, -0.1) is 0 Å². The summed E-state index contributed by atoms with van der Waals surface area (Å²) in [4.78, 5) is 38.3. The zero-order valence-corrected chi connectivity index (χ0v) is 20.4. The van der Waals surface area contributed by atoms with Crippen LogP contribution in [0.1, 0.15) is 31.9 Å². The quantitative estimate of drug-likeness (QED) is 0.368. The third-order valence-electron chi connectivity index (χ3n) is 5.00. The molecular formula is C25H27N5O3S. The van der Waals surface area contributed by atoms with Crippen LogP contribution in [0, 0.1) is 0 Å². The summed E-state index contributed by atoms with van der Waals surface area (Å²) < 4.78 is 5.36. The predicted molar refractivity (Wildman–Crippen MR) is 133 cm³/mol. The van der Waals surface area contributed by atoms with Crippen molar-refractivity contribution in [2.75, 3.05) is 16.5 Å². The van der Waals surface area contributed by atoms with Gasteiger partial charge in [-0.25, -0.2) is 24.5 Å². The molecule has 0 fully saturated rings. The zero-order valence-electron chi connectivity index (χ0n) is 19.6. The van der Waals surface area contributed by atoms with Gasteiger partial charge in [0.2, 0.25) is 0 Å². The fraction of sp³-hybridized carbons (Fsp3) is 0.280. The minimum atomic E-state index is -0.619. The van der Waals surface area contributed by atoms with E-state index in [2.05, 4.69) is 15.3 Å². The Morgan fingerprint density at radius 1 is 1.15 bits per heavy atom. The maximum absolute atomic E-state index is 13.7. The first-order valence-corrected chi connectivity index (χ1v) is 12.1. The van der Waals surface area contributed by atoms with Gasteiger partial charge in [-0.1, -0.05) is 48.2 Å². The zero-order chi connectivity index (χ0) is 24.3. The van der Waals surface area contributed by atoms with Crippen LogP contribution in [0.5, 0.6) is 0 Å². The molecule has 0 atom stereocenters. The minimum absolute atomic E-state index is 0.198. The second-order valence-corrected chi connectivity index (χ2v) is 9.62. The average molecular weight is 478 g/mol. The molecule has 3 aromatic rings. The number of fused-ring (bicyclic) bond motifs is 1. The van der Waals surface area contributed by atoms with Crippen molar-refractivity contribution < 1.29 is 14.3 Å². The second kappa shape index (κ2) is 9.72. The second-order valence-electron chi connectivity index (χ2n) is 8.84. The van der Waals surface area contributed by atoms with Crippen LogP contribution >= 0.6 is 11.8 Å². The number of hydrogen-bond acceptors (Lipinski definition) is 6. The van der Waals surface area contributed by atoms with Crippen molar-refractivity contribution in [2.45, 2.75) is 44.6 Å². The Hall–Kier alpha value is -3.59. The van der Waals surface area contributed by atoms with E-state index in [1.165, 1.54) is 11.8 Å². The van der Waals surface area contributed by atoms with E-state index in [9.17, 15) is 9.59 Å². The number of benzene rings is 2. The molecule has 34 heavy (non-hydrogen) atoms. The standard InChI is InChI=1S/C25H27N5O3S/c1-25(2,3)33-23(31)27-19-11-8-12-20(13-19)30-21-18(14-26-22(28-21)34-4)16-29(24(30)32)15-17-9-6-5-7-10-17/h5-14H,15-16H2,1-4H3,(H,27,31). The molecule has 1 aliphatic rings. The van der Waals surface area contributed by atoms with Crippen molar-refractivity contribution in [3.63, 3.8) is 0 Å². The monoisotopic (exact) mass is 477 g/mol. The van der Waals surface area contributed by atoms with E-state index in [-0.39, 0.29) is 6.03 Å². The van der Waals surface area contributed by atoms with Crippen LogP contribution in [0.25, 0.3) is 0 Å². The van der Waals surface area contributed by atoms with Gasteiger partial charge in [-0.2, -0.15) is 0 Å². The van der Waals surface area contributed by atoms with Crippen molar-refractivity contribution in [2.24, 2.45) is 0 Å². The van der Waals surface area contributed by atoms with Crippen molar-refractivity contribution in [3.05, 3.63) is 71.9 Å². The molecule has 0 saturated carbocycles. The lowest BCUT2D eigenvalue weighted by Gasteiger charge is -2.36. The SMILES string of the molecule is CSc1ncc2c(n1)N(c1cccc(NC(=O)OC(C)(C)C)c1)C(=O)N(Cc1ccccc1)C2. The normalized spacial score (nSPS) is 13.5. The number of aromatic nitrogens is 2.